The minimum absolute atomic E-state index is 0.0934. The number of likely N-dealkylation sites (tertiary alicyclic amines) is 1. The molecule has 0 aromatic heterocycles. The molecule has 1 aromatic carbocycles. The number of nitrogens with zero attached hydrogens (tertiary/aromatic N) is 1. The van der Waals surface area contributed by atoms with Gasteiger partial charge in [-0.1, -0.05) is 30.9 Å². The summed E-state index contributed by atoms with van der Waals surface area (Å²) in [6.07, 6.45) is 6.45. The van der Waals surface area contributed by atoms with Gasteiger partial charge in [-0.05, 0) is 42.9 Å². The molecule has 1 aliphatic heterocycles. The van der Waals surface area contributed by atoms with Crippen LogP contribution in [0, 0.1) is 11.8 Å². The van der Waals surface area contributed by atoms with Gasteiger partial charge in [0.25, 0.3) is 5.91 Å². The quantitative estimate of drug-likeness (QED) is 0.804. The van der Waals surface area contributed by atoms with E-state index in [1.807, 2.05) is 4.90 Å². The summed E-state index contributed by atoms with van der Waals surface area (Å²) in [5, 5.41) is 0.461. The Morgan fingerprint density at radius 3 is 2.70 bits per heavy atom. The van der Waals surface area contributed by atoms with E-state index >= 15 is 0 Å². The molecule has 4 heteroatoms. The molecule has 0 radical (unpaired) electrons. The Bertz CT molecular complexity index is 517. The summed E-state index contributed by atoms with van der Waals surface area (Å²) in [6.45, 7) is 1.79. The lowest BCUT2D eigenvalue weighted by Crippen LogP contribution is -2.44. The van der Waals surface area contributed by atoms with E-state index in [1.165, 1.54) is 25.7 Å². The van der Waals surface area contributed by atoms with Gasteiger partial charge in [-0.15, -0.1) is 0 Å². The maximum Gasteiger partial charge on any atom is 0.253 e. The summed E-state index contributed by atoms with van der Waals surface area (Å²) >= 11 is 6.01. The number of hydrogen-bond donors (Lipinski definition) is 1. The number of hydrogen-bond acceptors (Lipinski definition) is 2. The van der Waals surface area contributed by atoms with E-state index in [9.17, 15) is 4.79 Å². The number of nitrogen functional groups attached to an aromatic ring is 1. The molecule has 2 atom stereocenters. The van der Waals surface area contributed by atoms with Gasteiger partial charge in [0.2, 0.25) is 0 Å². The van der Waals surface area contributed by atoms with Crippen molar-refractivity contribution in [3.05, 3.63) is 28.8 Å². The molecule has 2 aliphatic rings. The summed E-state index contributed by atoms with van der Waals surface area (Å²) in [5.41, 5.74) is 6.87. The zero-order chi connectivity index (χ0) is 14.1. The Balaban J connectivity index is 1.72. The molecule has 3 rings (SSSR count). The van der Waals surface area contributed by atoms with Crippen LogP contribution in [0.15, 0.2) is 18.2 Å². The van der Waals surface area contributed by atoms with Crippen molar-refractivity contribution in [3.8, 4) is 0 Å². The first kappa shape index (κ1) is 13.7. The Hall–Kier alpha value is -1.22. The van der Waals surface area contributed by atoms with E-state index < -0.39 is 0 Å². The fraction of sp³-hybridized carbons (Fsp3) is 0.562. The largest absolute Gasteiger partial charge is 0.398 e. The number of fused-ring (bicyclic) bond motifs is 1. The highest BCUT2D eigenvalue weighted by Gasteiger charge is 2.33. The van der Waals surface area contributed by atoms with Gasteiger partial charge in [-0.3, -0.25) is 4.79 Å². The van der Waals surface area contributed by atoms with Crippen molar-refractivity contribution in [1.82, 2.24) is 4.90 Å². The third-order valence-corrected chi connectivity index (χ3v) is 5.15. The normalized spacial score (nSPS) is 26.1. The van der Waals surface area contributed by atoms with Crippen LogP contribution in [0.3, 0.4) is 0 Å². The summed E-state index contributed by atoms with van der Waals surface area (Å²) in [6, 6.07) is 5.17. The van der Waals surface area contributed by atoms with Gasteiger partial charge >= 0.3 is 0 Å². The second-order valence-corrected chi connectivity index (χ2v) is 6.49. The minimum atomic E-state index is 0.0934. The van der Waals surface area contributed by atoms with Crippen molar-refractivity contribution in [3.63, 3.8) is 0 Å². The highest BCUT2D eigenvalue weighted by Crippen LogP contribution is 2.36. The van der Waals surface area contributed by atoms with Gasteiger partial charge in [0.15, 0.2) is 0 Å². The molecule has 2 N–H and O–H groups in total. The molecule has 1 saturated heterocycles. The van der Waals surface area contributed by atoms with Crippen molar-refractivity contribution in [2.24, 2.45) is 11.8 Å². The Kier molecular flexibility index (Phi) is 3.88. The average Bonchev–Trinajstić information content (AvgIpc) is 2.49. The summed E-state index contributed by atoms with van der Waals surface area (Å²) in [5.74, 6) is 1.63. The van der Waals surface area contributed by atoms with Crippen LogP contribution >= 0.6 is 11.6 Å². The van der Waals surface area contributed by atoms with Gasteiger partial charge in [-0.25, -0.2) is 0 Å². The molecule has 2 unspecified atom stereocenters. The van der Waals surface area contributed by atoms with Crippen LogP contribution in [-0.2, 0) is 0 Å². The Morgan fingerprint density at radius 1 is 1.20 bits per heavy atom. The third kappa shape index (κ3) is 2.64. The standard InChI is InChI=1S/C16H21ClN2O/c17-14-9-12(5-6-15(14)18)16(20)19-8-7-11-3-1-2-4-13(11)10-19/h5-6,9,11,13H,1-4,7-8,10,18H2. The third-order valence-electron chi connectivity index (χ3n) is 4.83. The second-order valence-electron chi connectivity index (χ2n) is 6.08. The highest BCUT2D eigenvalue weighted by molar-refractivity contribution is 6.33. The molecule has 108 valence electrons. The topological polar surface area (TPSA) is 46.3 Å². The molecule has 2 fully saturated rings. The molecule has 1 amide bonds. The first-order chi connectivity index (χ1) is 9.65. The number of nitrogens with two attached hydrogens (primary N) is 1. The lowest BCUT2D eigenvalue weighted by Gasteiger charge is -2.41. The van der Waals surface area contributed by atoms with E-state index in [4.69, 9.17) is 17.3 Å². The van der Waals surface area contributed by atoms with Crippen molar-refractivity contribution in [2.45, 2.75) is 32.1 Å². The minimum Gasteiger partial charge on any atom is -0.398 e. The second kappa shape index (κ2) is 5.65. The summed E-state index contributed by atoms with van der Waals surface area (Å²) in [4.78, 5) is 14.6. The molecular formula is C16H21ClN2O. The van der Waals surface area contributed by atoms with Gasteiger partial charge in [-0.2, -0.15) is 0 Å². The molecule has 0 spiro atoms. The van der Waals surface area contributed by atoms with Crippen LogP contribution in [0.1, 0.15) is 42.5 Å². The SMILES string of the molecule is Nc1ccc(C(=O)N2CCC3CCCCC3C2)cc1Cl. The fourth-order valence-electron chi connectivity index (χ4n) is 3.63. The molecule has 1 aliphatic carbocycles. The predicted octanol–water partition coefficient (Wildman–Crippen LogP) is 3.57. The fourth-order valence-corrected chi connectivity index (χ4v) is 3.81. The van der Waals surface area contributed by atoms with E-state index in [0.29, 0.717) is 22.2 Å². The monoisotopic (exact) mass is 292 g/mol. The first-order valence-electron chi connectivity index (χ1n) is 7.49. The smallest absolute Gasteiger partial charge is 0.253 e. The number of anilines is 1. The number of halogens is 1. The number of rotatable bonds is 1. The van der Waals surface area contributed by atoms with Crippen LogP contribution in [0.25, 0.3) is 0 Å². The van der Waals surface area contributed by atoms with Crippen molar-refractivity contribution < 1.29 is 4.79 Å². The zero-order valence-corrected chi connectivity index (χ0v) is 12.4. The Labute approximate surface area is 125 Å². The van der Waals surface area contributed by atoms with Crippen LogP contribution in [0.5, 0.6) is 0 Å². The molecule has 1 heterocycles. The van der Waals surface area contributed by atoms with Crippen molar-refractivity contribution in [2.75, 3.05) is 18.8 Å². The number of benzene rings is 1. The molecule has 1 saturated carbocycles. The van der Waals surface area contributed by atoms with Gasteiger partial charge in [0.1, 0.15) is 0 Å². The number of carbonyl (C=O) groups excluding carboxylic acids is 1. The maximum absolute atomic E-state index is 12.6. The Morgan fingerprint density at radius 2 is 1.95 bits per heavy atom. The number of piperidine rings is 1. The van der Waals surface area contributed by atoms with E-state index in [1.54, 1.807) is 18.2 Å². The summed E-state index contributed by atoms with van der Waals surface area (Å²) < 4.78 is 0. The lowest BCUT2D eigenvalue weighted by atomic mass is 9.75. The van der Waals surface area contributed by atoms with Crippen molar-refractivity contribution in [1.29, 1.82) is 0 Å². The molecule has 20 heavy (non-hydrogen) atoms. The highest BCUT2D eigenvalue weighted by atomic mass is 35.5. The zero-order valence-electron chi connectivity index (χ0n) is 11.6. The molecule has 3 nitrogen and oxygen atoms in total. The van der Waals surface area contributed by atoms with Crippen molar-refractivity contribution >= 4 is 23.2 Å². The van der Waals surface area contributed by atoms with E-state index in [0.717, 1.165) is 25.4 Å². The van der Waals surface area contributed by atoms with Crippen LogP contribution in [0.2, 0.25) is 5.02 Å². The predicted molar refractivity (Wildman–Crippen MR) is 81.8 cm³/mol. The molecular weight excluding hydrogens is 272 g/mol. The molecule has 1 aromatic rings. The van der Waals surface area contributed by atoms with Gasteiger partial charge in [0.05, 0.1) is 10.7 Å². The van der Waals surface area contributed by atoms with E-state index in [-0.39, 0.29) is 5.91 Å². The van der Waals surface area contributed by atoms with Gasteiger partial charge in [0, 0.05) is 18.7 Å². The average molecular weight is 293 g/mol. The maximum atomic E-state index is 12.6. The number of amides is 1. The van der Waals surface area contributed by atoms with Crippen LogP contribution in [0.4, 0.5) is 5.69 Å². The summed E-state index contributed by atoms with van der Waals surface area (Å²) in [7, 11) is 0. The first-order valence-corrected chi connectivity index (χ1v) is 7.87. The van der Waals surface area contributed by atoms with Crippen LogP contribution < -0.4 is 5.73 Å². The van der Waals surface area contributed by atoms with Gasteiger partial charge < -0.3 is 10.6 Å². The lowest BCUT2D eigenvalue weighted by molar-refractivity contribution is 0.0521. The molecule has 0 bridgehead atoms. The number of carbonyl (C=O) groups is 1. The van der Waals surface area contributed by atoms with Crippen LogP contribution in [-0.4, -0.2) is 23.9 Å². The van der Waals surface area contributed by atoms with E-state index in [2.05, 4.69) is 0 Å².